The predicted octanol–water partition coefficient (Wildman–Crippen LogP) is 0.262. The first-order chi connectivity index (χ1) is 8.58. The number of primary amides is 1. The third kappa shape index (κ3) is 6.86. The summed E-state index contributed by atoms with van der Waals surface area (Å²) in [4.78, 5) is 22.0. The van der Waals surface area contributed by atoms with Crippen LogP contribution in [0.4, 0.5) is 0 Å². The Hall–Kier alpha value is -0.750. The smallest absolute Gasteiger partial charge is 0.227 e. The van der Waals surface area contributed by atoms with E-state index < -0.39 is 0 Å². The number of aliphatic hydroxyl groups excluding tert-OH is 1. The lowest BCUT2D eigenvalue weighted by Gasteiger charge is -2.25. The van der Waals surface area contributed by atoms with Gasteiger partial charge in [0, 0.05) is 18.7 Å². The Balaban J connectivity index is 2.01. The van der Waals surface area contributed by atoms with Crippen molar-refractivity contribution in [2.24, 2.45) is 11.7 Å². The standard InChI is InChI=1S/C12H22N2O3S/c13-11(16)8-18-6-5-12(17)14-7-9-1-3-10(15)4-2-9/h9-10,15H,1-8H2,(H2,13,16)(H,14,17). The maximum absolute atomic E-state index is 11.5. The van der Waals surface area contributed by atoms with E-state index in [9.17, 15) is 14.7 Å². The molecule has 0 unspecified atom stereocenters. The number of thioether (sulfide) groups is 1. The van der Waals surface area contributed by atoms with Gasteiger partial charge in [-0.05, 0) is 31.6 Å². The Morgan fingerprint density at radius 2 is 1.94 bits per heavy atom. The number of hydrogen-bond donors (Lipinski definition) is 3. The average molecular weight is 274 g/mol. The summed E-state index contributed by atoms with van der Waals surface area (Å²) >= 11 is 1.38. The normalized spacial score (nSPS) is 23.6. The first-order valence-electron chi connectivity index (χ1n) is 6.38. The van der Waals surface area contributed by atoms with E-state index in [1.54, 1.807) is 0 Å². The Morgan fingerprint density at radius 3 is 2.56 bits per heavy atom. The summed E-state index contributed by atoms with van der Waals surface area (Å²) in [7, 11) is 0. The second kappa shape index (κ2) is 8.37. The van der Waals surface area contributed by atoms with Crippen LogP contribution in [0.2, 0.25) is 0 Å². The van der Waals surface area contributed by atoms with Crippen LogP contribution in [0.25, 0.3) is 0 Å². The quantitative estimate of drug-likeness (QED) is 0.581. The molecule has 0 spiro atoms. The molecule has 0 aromatic heterocycles. The fourth-order valence-corrected chi connectivity index (χ4v) is 2.71. The molecule has 0 bridgehead atoms. The Morgan fingerprint density at radius 1 is 1.28 bits per heavy atom. The van der Waals surface area contributed by atoms with Gasteiger partial charge < -0.3 is 16.2 Å². The maximum atomic E-state index is 11.5. The highest BCUT2D eigenvalue weighted by Gasteiger charge is 2.19. The van der Waals surface area contributed by atoms with Gasteiger partial charge in [0.15, 0.2) is 0 Å². The van der Waals surface area contributed by atoms with Crippen LogP contribution < -0.4 is 11.1 Å². The highest BCUT2D eigenvalue weighted by atomic mass is 32.2. The summed E-state index contributed by atoms with van der Waals surface area (Å²) in [6.45, 7) is 0.700. The molecular formula is C12H22N2O3S. The lowest BCUT2D eigenvalue weighted by molar-refractivity contribution is -0.121. The molecule has 0 aromatic rings. The molecule has 104 valence electrons. The summed E-state index contributed by atoms with van der Waals surface area (Å²) in [5.41, 5.74) is 5.00. The molecule has 4 N–H and O–H groups in total. The van der Waals surface area contributed by atoms with Crippen LogP contribution in [0.3, 0.4) is 0 Å². The highest BCUT2D eigenvalue weighted by Crippen LogP contribution is 2.23. The molecule has 0 aromatic carbocycles. The molecule has 1 rings (SSSR count). The van der Waals surface area contributed by atoms with Gasteiger partial charge in [-0.2, -0.15) is 11.8 Å². The largest absolute Gasteiger partial charge is 0.393 e. The number of aliphatic hydroxyl groups is 1. The second-order valence-electron chi connectivity index (χ2n) is 4.75. The average Bonchev–Trinajstić information content (AvgIpc) is 2.34. The van der Waals surface area contributed by atoms with Crippen molar-refractivity contribution >= 4 is 23.6 Å². The first kappa shape index (κ1) is 15.3. The number of nitrogens with one attached hydrogen (secondary N) is 1. The molecule has 5 nitrogen and oxygen atoms in total. The van der Waals surface area contributed by atoms with E-state index in [4.69, 9.17) is 5.73 Å². The fraction of sp³-hybridized carbons (Fsp3) is 0.833. The molecule has 1 fully saturated rings. The van der Waals surface area contributed by atoms with Gasteiger partial charge in [-0.1, -0.05) is 0 Å². The van der Waals surface area contributed by atoms with Crippen LogP contribution in [0.15, 0.2) is 0 Å². The summed E-state index contributed by atoms with van der Waals surface area (Å²) in [6.07, 6.45) is 3.93. The zero-order valence-corrected chi connectivity index (χ0v) is 11.4. The first-order valence-corrected chi connectivity index (χ1v) is 7.54. The molecule has 0 saturated heterocycles. The van der Waals surface area contributed by atoms with E-state index in [1.165, 1.54) is 11.8 Å². The number of amides is 2. The minimum Gasteiger partial charge on any atom is -0.393 e. The van der Waals surface area contributed by atoms with Gasteiger partial charge in [-0.15, -0.1) is 0 Å². The van der Waals surface area contributed by atoms with Gasteiger partial charge in [0.05, 0.1) is 11.9 Å². The molecule has 2 amide bonds. The minimum absolute atomic E-state index is 0.0260. The molecule has 1 aliphatic rings. The zero-order valence-electron chi connectivity index (χ0n) is 10.6. The minimum atomic E-state index is -0.346. The zero-order chi connectivity index (χ0) is 13.4. The molecule has 6 heteroatoms. The molecule has 18 heavy (non-hydrogen) atoms. The maximum Gasteiger partial charge on any atom is 0.227 e. The van der Waals surface area contributed by atoms with Crippen molar-refractivity contribution in [3.05, 3.63) is 0 Å². The molecule has 0 atom stereocenters. The van der Waals surface area contributed by atoms with Crippen molar-refractivity contribution in [1.82, 2.24) is 5.32 Å². The Kier molecular flexibility index (Phi) is 7.12. The Labute approximate surface area is 112 Å². The second-order valence-corrected chi connectivity index (χ2v) is 5.85. The topological polar surface area (TPSA) is 92.4 Å². The summed E-state index contributed by atoms with van der Waals surface area (Å²) < 4.78 is 0. The van der Waals surface area contributed by atoms with Crippen molar-refractivity contribution < 1.29 is 14.7 Å². The summed E-state index contributed by atoms with van der Waals surface area (Å²) in [5.74, 6) is 1.07. The lowest BCUT2D eigenvalue weighted by atomic mass is 9.87. The number of carbonyl (C=O) groups is 2. The SMILES string of the molecule is NC(=O)CSCCC(=O)NCC1CCC(O)CC1. The van der Waals surface area contributed by atoms with E-state index in [-0.39, 0.29) is 23.7 Å². The van der Waals surface area contributed by atoms with Crippen LogP contribution in [0, 0.1) is 5.92 Å². The van der Waals surface area contributed by atoms with E-state index >= 15 is 0 Å². The van der Waals surface area contributed by atoms with Gasteiger partial charge >= 0.3 is 0 Å². The van der Waals surface area contributed by atoms with Crippen molar-refractivity contribution in [2.75, 3.05) is 18.1 Å². The van der Waals surface area contributed by atoms with Crippen LogP contribution in [0.1, 0.15) is 32.1 Å². The lowest BCUT2D eigenvalue weighted by Crippen LogP contribution is -2.32. The molecule has 0 radical (unpaired) electrons. The summed E-state index contributed by atoms with van der Waals surface area (Å²) in [6, 6.07) is 0. The molecule has 0 heterocycles. The van der Waals surface area contributed by atoms with Crippen molar-refractivity contribution in [3.8, 4) is 0 Å². The molecule has 1 saturated carbocycles. The number of rotatable bonds is 7. The highest BCUT2D eigenvalue weighted by molar-refractivity contribution is 7.99. The van der Waals surface area contributed by atoms with Gasteiger partial charge in [0.2, 0.25) is 11.8 Å². The third-order valence-electron chi connectivity index (χ3n) is 3.12. The summed E-state index contributed by atoms with van der Waals surface area (Å²) in [5, 5.41) is 12.3. The van der Waals surface area contributed by atoms with Crippen LogP contribution in [-0.2, 0) is 9.59 Å². The van der Waals surface area contributed by atoms with Crippen LogP contribution in [0.5, 0.6) is 0 Å². The van der Waals surface area contributed by atoms with Crippen LogP contribution >= 0.6 is 11.8 Å². The Bertz CT molecular complexity index is 278. The monoisotopic (exact) mass is 274 g/mol. The van der Waals surface area contributed by atoms with Crippen molar-refractivity contribution in [3.63, 3.8) is 0 Å². The van der Waals surface area contributed by atoms with Gasteiger partial charge in [-0.25, -0.2) is 0 Å². The predicted molar refractivity (Wildman–Crippen MR) is 72.1 cm³/mol. The van der Waals surface area contributed by atoms with Crippen molar-refractivity contribution in [2.45, 2.75) is 38.2 Å². The molecule has 1 aliphatic carbocycles. The fourth-order valence-electron chi connectivity index (χ4n) is 2.03. The van der Waals surface area contributed by atoms with Crippen LogP contribution in [-0.4, -0.2) is 41.1 Å². The van der Waals surface area contributed by atoms with E-state index in [1.807, 2.05) is 0 Å². The van der Waals surface area contributed by atoms with E-state index in [0.717, 1.165) is 25.7 Å². The van der Waals surface area contributed by atoms with Gasteiger partial charge in [0.25, 0.3) is 0 Å². The van der Waals surface area contributed by atoms with E-state index in [2.05, 4.69) is 5.32 Å². The molecular weight excluding hydrogens is 252 g/mol. The number of nitrogens with two attached hydrogens (primary N) is 1. The number of carbonyl (C=O) groups excluding carboxylic acids is 2. The van der Waals surface area contributed by atoms with Crippen molar-refractivity contribution in [1.29, 1.82) is 0 Å². The van der Waals surface area contributed by atoms with Gasteiger partial charge in [-0.3, -0.25) is 9.59 Å². The van der Waals surface area contributed by atoms with E-state index in [0.29, 0.717) is 24.6 Å². The molecule has 0 aliphatic heterocycles. The van der Waals surface area contributed by atoms with Gasteiger partial charge in [0.1, 0.15) is 0 Å². The third-order valence-corrected chi connectivity index (χ3v) is 4.10. The number of hydrogen-bond acceptors (Lipinski definition) is 4.